The average molecular weight is 530 g/mol. The van der Waals surface area contributed by atoms with Crippen LogP contribution in [0.25, 0.3) is 10.9 Å². The fraction of sp³-hybridized carbons (Fsp3) is 0.429. The highest BCUT2D eigenvalue weighted by molar-refractivity contribution is 6.02. The molecule has 0 saturated heterocycles. The fourth-order valence-corrected chi connectivity index (χ4v) is 4.97. The lowest BCUT2D eigenvalue weighted by molar-refractivity contribution is -0.286. The molecular weight excluding hydrogens is 496 g/mol. The second-order valence-corrected chi connectivity index (χ2v) is 11.1. The van der Waals surface area contributed by atoms with Gasteiger partial charge in [0.25, 0.3) is 0 Å². The van der Waals surface area contributed by atoms with Crippen LogP contribution in [0, 0.1) is 0 Å². The van der Waals surface area contributed by atoms with Crippen LogP contribution >= 0.6 is 0 Å². The largest absolute Gasteiger partial charge is 0.586 e. The van der Waals surface area contributed by atoms with Gasteiger partial charge in [-0.05, 0) is 54.8 Å². The van der Waals surface area contributed by atoms with Gasteiger partial charge in [-0.25, -0.2) is 0 Å². The number of fused-ring (bicyclic) bond motifs is 2. The number of hydrogen-bond donors (Lipinski definition) is 3. The lowest BCUT2D eigenvalue weighted by Crippen LogP contribution is -2.34. The van der Waals surface area contributed by atoms with Gasteiger partial charge in [0.15, 0.2) is 11.5 Å². The number of anilines is 1. The van der Waals surface area contributed by atoms with E-state index in [4.69, 9.17) is 0 Å². The standard InChI is InChI=1S/C28H31F2N3O5.H2/c1-16(34)31-14-20(35)15-33-21-7-6-19(11-17(21)12-24(33)26(2,3)4)32-25(36)27(9-10-27)18-5-8-22-23(13-18)38-28(29,30)37-22;/h5-8,11-13,20,35H,9-10,14-15H2,1-4H3,(H,31,34)(H,32,36);1H. The van der Waals surface area contributed by atoms with Gasteiger partial charge in [-0.2, -0.15) is 0 Å². The Morgan fingerprint density at radius 3 is 2.47 bits per heavy atom. The highest BCUT2D eigenvalue weighted by Crippen LogP contribution is 2.52. The molecule has 1 aromatic heterocycles. The number of aliphatic hydroxyl groups excluding tert-OH is 1. The second-order valence-electron chi connectivity index (χ2n) is 11.1. The van der Waals surface area contributed by atoms with Crippen molar-refractivity contribution in [1.29, 1.82) is 0 Å². The monoisotopic (exact) mass is 529 g/mol. The minimum absolute atomic E-state index is 0. The van der Waals surface area contributed by atoms with Gasteiger partial charge in [0.05, 0.1) is 18.1 Å². The maximum absolute atomic E-state index is 13.4. The first-order valence-electron chi connectivity index (χ1n) is 12.6. The number of nitrogens with one attached hydrogen (secondary N) is 2. The van der Waals surface area contributed by atoms with Crippen LogP contribution in [0.3, 0.4) is 0 Å². The van der Waals surface area contributed by atoms with E-state index in [9.17, 15) is 23.5 Å². The zero-order valence-electron chi connectivity index (χ0n) is 21.7. The van der Waals surface area contributed by atoms with Crippen LogP contribution in [0.15, 0.2) is 42.5 Å². The Labute approximate surface area is 220 Å². The minimum Gasteiger partial charge on any atom is -0.395 e. The van der Waals surface area contributed by atoms with Crippen molar-refractivity contribution < 1.29 is 34.4 Å². The Balaban J connectivity index is 0.00000353. The van der Waals surface area contributed by atoms with Gasteiger partial charge >= 0.3 is 6.29 Å². The summed E-state index contributed by atoms with van der Waals surface area (Å²) in [6, 6.07) is 12.1. The molecule has 2 aromatic carbocycles. The lowest BCUT2D eigenvalue weighted by atomic mass is 9.92. The third-order valence-corrected chi connectivity index (χ3v) is 7.05. The number of ether oxygens (including phenoxy) is 2. The summed E-state index contributed by atoms with van der Waals surface area (Å²) in [4.78, 5) is 24.6. The molecule has 3 aromatic rings. The van der Waals surface area contributed by atoms with Crippen molar-refractivity contribution in [2.45, 2.75) is 70.3 Å². The van der Waals surface area contributed by atoms with Crippen molar-refractivity contribution in [1.82, 2.24) is 9.88 Å². The summed E-state index contributed by atoms with van der Waals surface area (Å²) in [6.07, 6.45) is -3.30. The first-order chi connectivity index (χ1) is 17.8. The molecule has 0 spiro atoms. The summed E-state index contributed by atoms with van der Waals surface area (Å²) in [7, 11) is 0. The molecule has 204 valence electrons. The maximum atomic E-state index is 13.4. The number of carbonyl (C=O) groups excluding carboxylic acids is 2. The highest BCUT2D eigenvalue weighted by atomic mass is 19.3. The summed E-state index contributed by atoms with van der Waals surface area (Å²) in [6.45, 7) is 8.10. The van der Waals surface area contributed by atoms with Crippen molar-refractivity contribution in [2.75, 3.05) is 11.9 Å². The number of aromatic nitrogens is 1. The molecular formula is C28H33F2N3O5. The Morgan fingerprint density at radius 2 is 1.82 bits per heavy atom. The third-order valence-electron chi connectivity index (χ3n) is 7.05. The molecule has 2 aliphatic rings. The number of hydrogen-bond acceptors (Lipinski definition) is 5. The van der Waals surface area contributed by atoms with E-state index < -0.39 is 17.8 Å². The second kappa shape index (κ2) is 8.97. The van der Waals surface area contributed by atoms with Gasteiger partial charge in [0.2, 0.25) is 11.8 Å². The quantitative estimate of drug-likeness (QED) is 0.413. The Bertz CT molecular complexity index is 1430. The SMILES string of the molecule is CC(=O)NCC(O)Cn1c(C(C)(C)C)cc2cc(NC(=O)C3(c4ccc5c(c4)OC(F)(F)O5)CC3)ccc21.[HH]. The van der Waals surface area contributed by atoms with Gasteiger partial charge in [0, 0.05) is 42.6 Å². The predicted octanol–water partition coefficient (Wildman–Crippen LogP) is 4.67. The lowest BCUT2D eigenvalue weighted by Gasteiger charge is -2.24. The van der Waals surface area contributed by atoms with Gasteiger partial charge in [-0.1, -0.05) is 26.8 Å². The molecule has 1 aliphatic carbocycles. The van der Waals surface area contributed by atoms with Gasteiger partial charge < -0.3 is 29.8 Å². The molecule has 3 N–H and O–H groups in total. The smallest absolute Gasteiger partial charge is 0.395 e. The predicted molar refractivity (Wildman–Crippen MR) is 140 cm³/mol. The molecule has 10 heteroatoms. The van der Waals surface area contributed by atoms with Crippen LogP contribution in [0.2, 0.25) is 0 Å². The number of rotatable bonds is 7. The molecule has 1 fully saturated rings. The van der Waals surface area contributed by atoms with E-state index in [2.05, 4.69) is 40.9 Å². The van der Waals surface area contributed by atoms with Gasteiger partial charge in [0.1, 0.15) is 0 Å². The van der Waals surface area contributed by atoms with Crippen LogP contribution in [-0.4, -0.2) is 40.4 Å². The Kier molecular flexibility index (Phi) is 6.13. The average Bonchev–Trinajstić information content (AvgIpc) is 3.46. The topological polar surface area (TPSA) is 102 Å². The number of benzene rings is 2. The van der Waals surface area contributed by atoms with Crippen LogP contribution in [0.4, 0.5) is 14.5 Å². The molecule has 2 amide bonds. The molecule has 1 atom stereocenters. The van der Waals surface area contributed by atoms with E-state index in [1.807, 2.05) is 22.8 Å². The summed E-state index contributed by atoms with van der Waals surface area (Å²) < 4.78 is 38.0. The van der Waals surface area contributed by atoms with Crippen LogP contribution in [0.5, 0.6) is 11.5 Å². The number of nitrogens with zero attached hydrogens (tertiary/aromatic N) is 1. The Morgan fingerprint density at radius 1 is 1.11 bits per heavy atom. The fourth-order valence-electron chi connectivity index (χ4n) is 4.97. The molecule has 0 bridgehead atoms. The molecule has 0 radical (unpaired) electrons. The minimum atomic E-state index is -3.71. The van der Waals surface area contributed by atoms with Crippen LogP contribution < -0.4 is 20.1 Å². The summed E-state index contributed by atoms with van der Waals surface area (Å²) in [5.74, 6) is -0.555. The van der Waals surface area contributed by atoms with E-state index in [0.29, 0.717) is 30.6 Å². The molecule has 5 rings (SSSR count). The number of amides is 2. The zero-order valence-corrected chi connectivity index (χ0v) is 21.7. The van der Waals surface area contributed by atoms with Crippen molar-refractivity contribution in [3.05, 3.63) is 53.7 Å². The molecule has 38 heavy (non-hydrogen) atoms. The van der Waals surface area contributed by atoms with Crippen molar-refractivity contribution in [3.8, 4) is 11.5 Å². The molecule has 2 heterocycles. The number of carbonyl (C=O) groups is 2. The summed E-state index contributed by atoms with van der Waals surface area (Å²) in [5, 5.41) is 17.1. The van der Waals surface area contributed by atoms with E-state index in [1.54, 1.807) is 12.1 Å². The molecule has 8 nitrogen and oxygen atoms in total. The maximum Gasteiger partial charge on any atom is 0.586 e. The normalized spacial score (nSPS) is 17.8. The zero-order chi connectivity index (χ0) is 27.5. The molecule has 1 aliphatic heterocycles. The van der Waals surface area contributed by atoms with Gasteiger partial charge in [-0.3, -0.25) is 9.59 Å². The first kappa shape index (κ1) is 26.0. The highest BCUT2D eigenvalue weighted by Gasteiger charge is 2.52. The number of halogens is 2. The molecule has 1 unspecified atom stereocenters. The van der Waals surface area contributed by atoms with E-state index in [1.165, 1.54) is 19.1 Å². The van der Waals surface area contributed by atoms with Crippen molar-refractivity contribution in [3.63, 3.8) is 0 Å². The number of aliphatic hydroxyl groups is 1. The molecule has 1 saturated carbocycles. The third kappa shape index (κ3) is 4.92. The van der Waals surface area contributed by atoms with E-state index in [0.717, 1.165) is 16.6 Å². The van der Waals surface area contributed by atoms with Crippen LogP contribution in [-0.2, 0) is 27.0 Å². The number of alkyl halides is 2. The van der Waals surface area contributed by atoms with Gasteiger partial charge in [-0.15, -0.1) is 8.78 Å². The Hall–Kier alpha value is -3.66. The van der Waals surface area contributed by atoms with E-state index >= 15 is 0 Å². The van der Waals surface area contributed by atoms with Crippen molar-refractivity contribution >= 4 is 28.4 Å². The summed E-state index contributed by atoms with van der Waals surface area (Å²) >= 11 is 0. The van der Waals surface area contributed by atoms with Crippen molar-refractivity contribution in [2.24, 2.45) is 0 Å². The van der Waals surface area contributed by atoms with E-state index in [-0.39, 0.29) is 36.7 Å². The first-order valence-corrected chi connectivity index (χ1v) is 12.6. The van der Waals surface area contributed by atoms with Crippen LogP contribution in [0.1, 0.15) is 53.2 Å². The summed E-state index contributed by atoms with van der Waals surface area (Å²) in [5.41, 5.74) is 2.08.